The smallest absolute Gasteiger partial charge is 0.340 e. The zero-order valence-corrected chi connectivity index (χ0v) is 19.8. The van der Waals surface area contributed by atoms with Gasteiger partial charge in [-0.1, -0.05) is 41.9 Å². The summed E-state index contributed by atoms with van der Waals surface area (Å²) in [7, 11) is -1.03. The maximum absolute atomic E-state index is 12.6. The Balaban J connectivity index is 1.69. The molecule has 0 bridgehead atoms. The lowest BCUT2D eigenvalue weighted by atomic mass is 10.2. The number of ether oxygens (including phenoxy) is 1. The van der Waals surface area contributed by atoms with Gasteiger partial charge in [0.05, 0.1) is 21.2 Å². The van der Waals surface area contributed by atoms with Crippen molar-refractivity contribution in [1.29, 1.82) is 0 Å². The largest absolute Gasteiger partial charge is 0.449 e. The molecule has 32 heavy (non-hydrogen) atoms. The van der Waals surface area contributed by atoms with E-state index < -0.39 is 28.0 Å². The summed E-state index contributed by atoms with van der Waals surface area (Å²) in [5.74, 6) is -1.50. The van der Waals surface area contributed by atoms with Gasteiger partial charge >= 0.3 is 5.97 Å². The molecule has 1 atom stereocenters. The number of esters is 1. The Morgan fingerprint density at radius 3 is 2.50 bits per heavy atom. The average Bonchev–Trinajstić information content (AvgIpc) is 3.22. The molecular weight excluding hydrogens is 474 g/mol. The lowest BCUT2D eigenvalue weighted by molar-refractivity contribution is -0.123. The summed E-state index contributed by atoms with van der Waals surface area (Å²) < 4.78 is 30.9. The van der Waals surface area contributed by atoms with E-state index in [0.717, 1.165) is 15.9 Å². The van der Waals surface area contributed by atoms with Crippen LogP contribution in [-0.4, -0.2) is 49.8 Å². The van der Waals surface area contributed by atoms with E-state index in [1.807, 2.05) is 30.3 Å². The number of hydrogen-bond donors (Lipinski definition) is 1. The molecule has 0 aliphatic rings. The molecule has 3 aromatic rings. The zero-order chi connectivity index (χ0) is 23.5. The molecule has 8 nitrogen and oxygen atoms in total. The number of carbonyl (C=O) groups excluding carboxylic acids is 2. The Morgan fingerprint density at radius 2 is 1.84 bits per heavy atom. The summed E-state index contributed by atoms with van der Waals surface area (Å²) in [4.78, 5) is 29.3. The Hall–Kier alpha value is -2.79. The first-order valence-corrected chi connectivity index (χ1v) is 12.0. The van der Waals surface area contributed by atoms with Gasteiger partial charge in [0.25, 0.3) is 5.91 Å². The first kappa shape index (κ1) is 23.9. The predicted octanol–water partition coefficient (Wildman–Crippen LogP) is 3.90. The van der Waals surface area contributed by atoms with Crippen LogP contribution in [0.15, 0.2) is 58.8 Å². The van der Waals surface area contributed by atoms with Gasteiger partial charge in [-0.25, -0.2) is 22.5 Å². The minimum absolute atomic E-state index is 0.00717. The standard InChI is InChI=1S/C21H20ClN3O5S2/c1-13(19(26)24-21-23-18(12-31-21)14-7-5-4-6-8-14)30-20(27)16-11-15(9-10-17(16)22)32(28,29)25(2)3/h4-13H,1-3H3,(H,23,24,26). The van der Waals surface area contributed by atoms with Gasteiger partial charge in [-0.3, -0.25) is 10.1 Å². The first-order valence-electron chi connectivity index (χ1n) is 9.34. The van der Waals surface area contributed by atoms with Crippen molar-refractivity contribution in [2.45, 2.75) is 17.9 Å². The molecule has 0 aliphatic carbocycles. The molecular formula is C21H20ClN3O5S2. The van der Waals surface area contributed by atoms with Crippen molar-refractivity contribution >= 4 is 50.0 Å². The monoisotopic (exact) mass is 493 g/mol. The second-order valence-electron chi connectivity index (χ2n) is 6.87. The Bertz CT molecular complexity index is 1240. The number of anilines is 1. The molecule has 0 spiro atoms. The van der Waals surface area contributed by atoms with Crippen molar-refractivity contribution in [1.82, 2.24) is 9.29 Å². The minimum Gasteiger partial charge on any atom is -0.449 e. The van der Waals surface area contributed by atoms with Crippen LogP contribution in [0.2, 0.25) is 5.02 Å². The molecule has 1 amide bonds. The fraction of sp³-hybridized carbons (Fsp3) is 0.190. The lowest BCUT2D eigenvalue weighted by Gasteiger charge is -2.15. The quantitative estimate of drug-likeness (QED) is 0.500. The molecule has 0 fully saturated rings. The maximum atomic E-state index is 12.6. The molecule has 0 saturated heterocycles. The fourth-order valence-corrected chi connectivity index (χ4v) is 4.44. The van der Waals surface area contributed by atoms with Crippen LogP contribution in [-0.2, 0) is 19.6 Å². The number of benzene rings is 2. The molecule has 1 N–H and O–H groups in total. The minimum atomic E-state index is -3.78. The lowest BCUT2D eigenvalue weighted by Crippen LogP contribution is -2.30. The molecule has 0 aliphatic heterocycles. The van der Waals surface area contributed by atoms with Gasteiger partial charge < -0.3 is 4.74 Å². The average molecular weight is 494 g/mol. The molecule has 3 rings (SSSR count). The van der Waals surface area contributed by atoms with Gasteiger partial charge in [0.15, 0.2) is 11.2 Å². The highest BCUT2D eigenvalue weighted by Crippen LogP contribution is 2.26. The number of hydrogen-bond acceptors (Lipinski definition) is 7. The molecule has 0 saturated carbocycles. The SMILES string of the molecule is CC(OC(=O)c1cc(S(=O)(=O)N(C)C)ccc1Cl)C(=O)Nc1nc(-c2ccccc2)cs1. The number of sulfonamides is 1. The van der Waals surface area contributed by atoms with Crippen molar-refractivity contribution in [2.75, 3.05) is 19.4 Å². The van der Waals surface area contributed by atoms with Crippen LogP contribution in [0.4, 0.5) is 5.13 Å². The van der Waals surface area contributed by atoms with E-state index in [4.69, 9.17) is 16.3 Å². The number of carbonyl (C=O) groups is 2. The van der Waals surface area contributed by atoms with Crippen molar-refractivity contribution < 1.29 is 22.7 Å². The molecule has 1 aromatic heterocycles. The number of nitrogens with one attached hydrogen (secondary N) is 1. The van der Waals surface area contributed by atoms with Gasteiger partial charge in [0.1, 0.15) is 0 Å². The van der Waals surface area contributed by atoms with Gasteiger partial charge in [0.2, 0.25) is 10.0 Å². The predicted molar refractivity (Wildman–Crippen MR) is 123 cm³/mol. The molecule has 1 heterocycles. The van der Waals surface area contributed by atoms with Crippen LogP contribution in [0.3, 0.4) is 0 Å². The van der Waals surface area contributed by atoms with E-state index in [0.29, 0.717) is 10.8 Å². The van der Waals surface area contributed by atoms with Crippen molar-refractivity contribution in [3.8, 4) is 11.3 Å². The Morgan fingerprint density at radius 1 is 1.16 bits per heavy atom. The number of rotatable bonds is 7. The summed E-state index contributed by atoms with van der Waals surface area (Å²) in [5.41, 5.74) is 1.46. The zero-order valence-electron chi connectivity index (χ0n) is 17.4. The molecule has 168 valence electrons. The highest BCUT2D eigenvalue weighted by Gasteiger charge is 2.25. The summed E-state index contributed by atoms with van der Waals surface area (Å²) in [6.45, 7) is 1.40. The Labute approximate surface area is 194 Å². The topological polar surface area (TPSA) is 106 Å². The fourth-order valence-electron chi connectivity index (χ4n) is 2.59. The van der Waals surface area contributed by atoms with E-state index >= 15 is 0 Å². The van der Waals surface area contributed by atoms with E-state index in [-0.39, 0.29) is 15.5 Å². The van der Waals surface area contributed by atoms with Gasteiger partial charge in [-0.05, 0) is 25.1 Å². The highest BCUT2D eigenvalue weighted by atomic mass is 35.5. The normalized spacial score (nSPS) is 12.4. The third kappa shape index (κ3) is 5.33. The maximum Gasteiger partial charge on any atom is 0.340 e. The number of halogens is 1. The van der Waals surface area contributed by atoms with Crippen LogP contribution >= 0.6 is 22.9 Å². The first-order chi connectivity index (χ1) is 15.1. The second kappa shape index (κ2) is 9.78. The second-order valence-corrected chi connectivity index (χ2v) is 10.3. The van der Waals surface area contributed by atoms with E-state index in [9.17, 15) is 18.0 Å². The molecule has 1 unspecified atom stereocenters. The van der Waals surface area contributed by atoms with Gasteiger partial charge in [-0.15, -0.1) is 11.3 Å². The number of aromatic nitrogens is 1. The van der Waals surface area contributed by atoms with E-state index in [1.54, 1.807) is 5.38 Å². The van der Waals surface area contributed by atoms with Crippen LogP contribution < -0.4 is 5.32 Å². The van der Waals surface area contributed by atoms with Crippen molar-refractivity contribution in [3.63, 3.8) is 0 Å². The summed E-state index contributed by atoms with van der Waals surface area (Å²) in [6.07, 6.45) is -1.17. The highest BCUT2D eigenvalue weighted by molar-refractivity contribution is 7.89. The number of thiazole rings is 1. The van der Waals surface area contributed by atoms with Crippen LogP contribution in [0.25, 0.3) is 11.3 Å². The number of nitrogens with zero attached hydrogens (tertiary/aromatic N) is 2. The van der Waals surface area contributed by atoms with Crippen molar-refractivity contribution in [2.24, 2.45) is 0 Å². The molecule has 0 radical (unpaired) electrons. The summed E-state index contributed by atoms with van der Waals surface area (Å²) in [6, 6.07) is 13.2. The van der Waals surface area contributed by atoms with Gasteiger partial charge in [0, 0.05) is 25.0 Å². The van der Waals surface area contributed by atoms with Crippen LogP contribution in [0.5, 0.6) is 0 Å². The molecule has 11 heteroatoms. The third-order valence-electron chi connectivity index (χ3n) is 4.39. The van der Waals surface area contributed by atoms with E-state index in [2.05, 4.69) is 10.3 Å². The Kier molecular flexibility index (Phi) is 7.29. The van der Waals surface area contributed by atoms with Crippen LogP contribution in [0.1, 0.15) is 17.3 Å². The third-order valence-corrected chi connectivity index (χ3v) is 7.29. The van der Waals surface area contributed by atoms with Gasteiger partial charge in [-0.2, -0.15) is 0 Å². The molecule has 2 aromatic carbocycles. The van der Waals surface area contributed by atoms with Crippen molar-refractivity contribution in [3.05, 3.63) is 64.5 Å². The summed E-state index contributed by atoms with van der Waals surface area (Å²) >= 11 is 7.30. The number of amides is 1. The van der Waals surface area contributed by atoms with Crippen LogP contribution in [0, 0.1) is 0 Å². The van der Waals surface area contributed by atoms with E-state index in [1.165, 1.54) is 44.5 Å². The summed E-state index contributed by atoms with van der Waals surface area (Å²) in [5, 5.41) is 4.78.